The SMILES string of the molecule is CCN(CC)c1cc(C)nc(Nc2ccc(C)cc2Br)n1. The van der Waals surface area contributed by atoms with Crippen molar-refractivity contribution in [3.05, 3.63) is 40.0 Å². The van der Waals surface area contributed by atoms with Crippen LogP contribution in [0.1, 0.15) is 25.1 Å². The fourth-order valence-electron chi connectivity index (χ4n) is 2.16. The summed E-state index contributed by atoms with van der Waals surface area (Å²) in [5.41, 5.74) is 3.13. The molecule has 21 heavy (non-hydrogen) atoms. The molecule has 112 valence electrons. The molecule has 0 unspecified atom stereocenters. The molecule has 0 amide bonds. The highest BCUT2D eigenvalue weighted by atomic mass is 79.9. The van der Waals surface area contributed by atoms with Crippen molar-refractivity contribution >= 4 is 33.4 Å². The molecule has 0 saturated carbocycles. The molecular weight excluding hydrogens is 328 g/mol. The van der Waals surface area contributed by atoms with Gasteiger partial charge in [-0.1, -0.05) is 6.07 Å². The van der Waals surface area contributed by atoms with Crippen LogP contribution in [0.4, 0.5) is 17.5 Å². The zero-order chi connectivity index (χ0) is 15.4. The summed E-state index contributed by atoms with van der Waals surface area (Å²) in [7, 11) is 0. The van der Waals surface area contributed by atoms with E-state index in [-0.39, 0.29) is 0 Å². The summed E-state index contributed by atoms with van der Waals surface area (Å²) >= 11 is 3.57. The molecule has 0 saturated heterocycles. The minimum Gasteiger partial charge on any atom is -0.357 e. The second kappa shape index (κ2) is 6.89. The third-order valence-corrected chi connectivity index (χ3v) is 3.96. The van der Waals surface area contributed by atoms with Crippen LogP contribution in [0.2, 0.25) is 0 Å². The van der Waals surface area contributed by atoms with E-state index in [0.29, 0.717) is 5.95 Å². The van der Waals surface area contributed by atoms with Gasteiger partial charge < -0.3 is 10.2 Å². The third-order valence-electron chi connectivity index (χ3n) is 3.30. The Hall–Kier alpha value is -1.62. The smallest absolute Gasteiger partial charge is 0.229 e. The number of nitrogens with one attached hydrogen (secondary N) is 1. The topological polar surface area (TPSA) is 41.1 Å². The van der Waals surface area contributed by atoms with Crippen molar-refractivity contribution in [2.24, 2.45) is 0 Å². The number of hydrogen-bond donors (Lipinski definition) is 1. The van der Waals surface area contributed by atoms with Gasteiger partial charge in [-0.3, -0.25) is 0 Å². The summed E-state index contributed by atoms with van der Waals surface area (Å²) in [5.74, 6) is 1.58. The Bertz CT molecular complexity index is 624. The number of anilines is 3. The van der Waals surface area contributed by atoms with Crippen LogP contribution in [0.25, 0.3) is 0 Å². The van der Waals surface area contributed by atoms with Crippen molar-refractivity contribution in [2.75, 3.05) is 23.3 Å². The number of halogens is 1. The minimum absolute atomic E-state index is 0.626. The van der Waals surface area contributed by atoms with Gasteiger partial charge in [0.05, 0.1) is 5.69 Å². The van der Waals surface area contributed by atoms with E-state index in [9.17, 15) is 0 Å². The maximum atomic E-state index is 4.62. The van der Waals surface area contributed by atoms with Crippen LogP contribution in [-0.2, 0) is 0 Å². The van der Waals surface area contributed by atoms with Crippen molar-refractivity contribution in [3.63, 3.8) is 0 Å². The molecule has 0 fully saturated rings. The van der Waals surface area contributed by atoms with Gasteiger partial charge in [-0.05, 0) is 61.3 Å². The first-order valence-electron chi connectivity index (χ1n) is 7.17. The summed E-state index contributed by atoms with van der Waals surface area (Å²) in [6, 6.07) is 8.18. The van der Waals surface area contributed by atoms with E-state index in [1.807, 2.05) is 19.1 Å². The Morgan fingerprint density at radius 3 is 2.43 bits per heavy atom. The molecular formula is C16H21BrN4. The molecule has 0 aliphatic heterocycles. The second-order valence-electron chi connectivity index (χ2n) is 4.97. The number of nitrogens with zero attached hydrogens (tertiary/aromatic N) is 3. The van der Waals surface area contributed by atoms with Gasteiger partial charge in [0, 0.05) is 29.3 Å². The van der Waals surface area contributed by atoms with E-state index >= 15 is 0 Å². The Balaban J connectivity index is 2.31. The molecule has 1 heterocycles. The highest BCUT2D eigenvalue weighted by molar-refractivity contribution is 9.10. The first kappa shape index (κ1) is 15.8. The molecule has 1 aromatic heterocycles. The monoisotopic (exact) mass is 348 g/mol. The zero-order valence-electron chi connectivity index (χ0n) is 12.9. The molecule has 5 heteroatoms. The Kier molecular flexibility index (Phi) is 5.17. The molecule has 0 aliphatic rings. The molecule has 2 rings (SSSR count). The lowest BCUT2D eigenvalue weighted by molar-refractivity contribution is 0.840. The largest absolute Gasteiger partial charge is 0.357 e. The zero-order valence-corrected chi connectivity index (χ0v) is 14.5. The van der Waals surface area contributed by atoms with Crippen molar-refractivity contribution in [2.45, 2.75) is 27.7 Å². The average molecular weight is 349 g/mol. The van der Waals surface area contributed by atoms with Crippen LogP contribution in [0.5, 0.6) is 0 Å². The maximum absolute atomic E-state index is 4.62. The lowest BCUT2D eigenvalue weighted by Gasteiger charge is -2.20. The summed E-state index contributed by atoms with van der Waals surface area (Å²) in [6.45, 7) is 10.2. The van der Waals surface area contributed by atoms with Crippen LogP contribution < -0.4 is 10.2 Å². The Morgan fingerprint density at radius 2 is 1.81 bits per heavy atom. The number of hydrogen-bond acceptors (Lipinski definition) is 4. The summed E-state index contributed by atoms with van der Waals surface area (Å²) in [6.07, 6.45) is 0. The quantitative estimate of drug-likeness (QED) is 0.866. The van der Waals surface area contributed by atoms with Crippen LogP contribution in [0.15, 0.2) is 28.7 Å². The van der Waals surface area contributed by atoms with Crippen LogP contribution in [0.3, 0.4) is 0 Å². The normalized spacial score (nSPS) is 10.5. The highest BCUT2D eigenvalue weighted by Crippen LogP contribution is 2.26. The average Bonchev–Trinajstić information content (AvgIpc) is 2.43. The Labute approximate surface area is 134 Å². The van der Waals surface area contributed by atoms with Crippen molar-refractivity contribution in [1.29, 1.82) is 0 Å². The van der Waals surface area contributed by atoms with Gasteiger partial charge >= 0.3 is 0 Å². The van der Waals surface area contributed by atoms with Gasteiger partial charge in [-0.15, -0.1) is 0 Å². The molecule has 2 aromatic rings. The highest BCUT2D eigenvalue weighted by Gasteiger charge is 2.09. The van der Waals surface area contributed by atoms with Crippen molar-refractivity contribution in [3.8, 4) is 0 Å². The van der Waals surface area contributed by atoms with Crippen LogP contribution >= 0.6 is 15.9 Å². The molecule has 1 aromatic carbocycles. The fraction of sp³-hybridized carbons (Fsp3) is 0.375. The summed E-state index contributed by atoms with van der Waals surface area (Å²) < 4.78 is 1.01. The summed E-state index contributed by atoms with van der Waals surface area (Å²) in [4.78, 5) is 11.3. The van der Waals surface area contributed by atoms with Gasteiger partial charge in [0.15, 0.2) is 0 Å². The molecule has 4 nitrogen and oxygen atoms in total. The number of rotatable bonds is 5. The minimum atomic E-state index is 0.626. The third kappa shape index (κ3) is 3.94. The van der Waals surface area contributed by atoms with E-state index in [4.69, 9.17) is 0 Å². The standard InChI is InChI=1S/C16H21BrN4/c1-5-21(6-2)15-10-12(4)18-16(20-15)19-14-8-7-11(3)9-13(14)17/h7-10H,5-6H2,1-4H3,(H,18,19,20). The first-order chi connectivity index (χ1) is 10.0. The lowest BCUT2D eigenvalue weighted by atomic mass is 10.2. The second-order valence-corrected chi connectivity index (χ2v) is 5.83. The summed E-state index contributed by atoms with van der Waals surface area (Å²) in [5, 5.41) is 3.29. The molecule has 0 atom stereocenters. The number of aryl methyl sites for hydroxylation is 2. The van der Waals surface area contributed by atoms with Crippen LogP contribution in [-0.4, -0.2) is 23.1 Å². The van der Waals surface area contributed by atoms with Crippen molar-refractivity contribution in [1.82, 2.24) is 9.97 Å². The molecule has 0 spiro atoms. The maximum Gasteiger partial charge on any atom is 0.229 e. The molecule has 0 aliphatic carbocycles. The predicted molar refractivity (Wildman–Crippen MR) is 92.5 cm³/mol. The van der Waals surface area contributed by atoms with Crippen molar-refractivity contribution < 1.29 is 0 Å². The molecule has 0 bridgehead atoms. The lowest BCUT2D eigenvalue weighted by Crippen LogP contribution is -2.23. The van der Waals surface area contributed by atoms with Gasteiger partial charge in [0.2, 0.25) is 5.95 Å². The van der Waals surface area contributed by atoms with E-state index in [0.717, 1.165) is 34.8 Å². The van der Waals surface area contributed by atoms with E-state index in [2.05, 4.69) is 69.0 Å². The molecule has 1 N–H and O–H groups in total. The Morgan fingerprint density at radius 1 is 1.10 bits per heavy atom. The molecule has 0 radical (unpaired) electrons. The van der Waals surface area contributed by atoms with Crippen LogP contribution in [0, 0.1) is 13.8 Å². The van der Waals surface area contributed by atoms with Gasteiger partial charge in [0.25, 0.3) is 0 Å². The van der Waals surface area contributed by atoms with E-state index in [1.165, 1.54) is 5.56 Å². The fourth-order valence-corrected chi connectivity index (χ4v) is 2.75. The van der Waals surface area contributed by atoms with Gasteiger partial charge in [-0.2, -0.15) is 4.98 Å². The number of benzene rings is 1. The predicted octanol–water partition coefficient (Wildman–Crippen LogP) is 4.45. The number of aromatic nitrogens is 2. The van der Waals surface area contributed by atoms with Gasteiger partial charge in [-0.25, -0.2) is 4.98 Å². The van der Waals surface area contributed by atoms with E-state index in [1.54, 1.807) is 0 Å². The van der Waals surface area contributed by atoms with E-state index < -0.39 is 0 Å². The van der Waals surface area contributed by atoms with Gasteiger partial charge in [0.1, 0.15) is 5.82 Å². The first-order valence-corrected chi connectivity index (χ1v) is 7.96.